The standard InChI is InChI=1S/C24H15F2NS/c25-17-12-13-20(26)19(15-17)16-6-5-7-18(14-16)27-21-8-1-3-10-23(21)28-24-11-4-2-9-22(24)27/h1-15H. The van der Waals surface area contributed by atoms with Crippen molar-refractivity contribution >= 4 is 28.8 Å². The number of para-hydroxylation sites is 2. The van der Waals surface area contributed by atoms with Crippen molar-refractivity contribution in [3.8, 4) is 11.1 Å². The highest BCUT2D eigenvalue weighted by molar-refractivity contribution is 7.99. The summed E-state index contributed by atoms with van der Waals surface area (Å²) in [6.07, 6.45) is 0. The maximum atomic E-state index is 14.3. The van der Waals surface area contributed by atoms with Gasteiger partial charge in [0.2, 0.25) is 0 Å². The summed E-state index contributed by atoms with van der Waals surface area (Å²) in [4.78, 5) is 4.48. The molecular weight excluding hydrogens is 372 g/mol. The van der Waals surface area contributed by atoms with Crippen molar-refractivity contribution in [3.63, 3.8) is 0 Å². The number of rotatable bonds is 2. The van der Waals surface area contributed by atoms with Crippen molar-refractivity contribution < 1.29 is 8.78 Å². The van der Waals surface area contributed by atoms with E-state index < -0.39 is 11.6 Å². The minimum Gasteiger partial charge on any atom is -0.308 e. The van der Waals surface area contributed by atoms with E-state index in [2.05, 4.69) is 29.2 Å². The predicted octanol–water partition coefficient (Wildman–Crippen LogP) is 7.57. The van der Waals surface area contributed by atoms with E-state index in [0.717, 1.165) is 32.9 Å². The zero-order valence-corrected chi connectivity index (χ0v) is 15.6. The van der Waals surface area contributed by atoms with Crippen LogP contribution in [0.15, 0.2) is 101 Å². The second-order valence-corrected chi connectivity index (χ2v) is 7.63. The number of benzene rings is 4. The van der Waals surface area contributed by atoms with Crippen molar-refractivity contribution in [1.29, 1.82) is 0 Å². The second kappa shape index (κ2) is 6.80. The van der Waals surface area contributed by atoms with Gasteiger partial charge in [-0.2, -0.15) is 0 Å². The van der Waals surface area contributed by atoms with Gasteiger partial charge in [0.1, 0.15) is 11.6 Å². The number of halogens is 2. The Balaban J connectivity index is 1.69. The zero-order chi connectivity index (χ0) is 19.1. The minimum absolute atomic E-state index is 0.259. The average Bonchev–Trinajstić information content (AvgIpc) is 2.73. The maximum Gasteiger partial charge on any atom is 0.131 e. The van der Waals surface area contributed by atoms with Crippen LogP contribution in [0, 0.1) is 11.6 Å². The molecule has 0 aromatic heterocycles. The molecule has 4 aromatic rings. The first-order chi connectivity index (χ1) is 13.7. The third-order valence-electron chi connectivity index (χ3n) is 4.78. The number of fused-ring (bicyclic) bond motifs is 2. The molecule has 5 rings (SSSR count). The zero-order valence-electron chi connectivity index (χ0n) is 14.8. The molecule has 0 saturated heterocycles. The number of hydrogen-bond acceptors (Lipinski definition) is 2. The van der Waals surface area contributed by atoms with E-state index >= 15 is 0 Å². The molecular formula is C24H15F2NS. The summed E-state index contributed by atoms with van der Waals surface area (Å²) < 4.78 is 28.0. The van der Waals surface area contributed by atoms with Gasteiger partial charge >= 0.3 is 0 Å². The largest absolute Gasteiger partial charge is 0.308 e. The first-order valence-corrected chi connectivity index (χ1v) is 9.74. The molecule has 0 unspecified atom stereocenters. The van der Waals surface area contributed by atoms with E-state index in [4.69, 9.17) is 0 Å². The minimum atomic E-state index is -0.452. The molecule has 4 heteroatoms. The first kappa shape index (κ1) is 17.0. The Labute approximate surface area is 166 Å². The van der Waals surface area contributed by atoms with Crippen LogP contribution in [0.1, 0.15) is 0 Å². The molecule has 136 valence electrons. The highest BCUT2D eigenvalue weighted by atomic mass is 32.2. The molecule has 1 nitrogen and oxygen atoms in total. The van der Waals surface area contributed by atoms with Crippen molar-refractivity contribution in [3.05, 3.63) is 103 Å². The van der Waals surface area contributed by atoms with Crippen LogP contribution in [-0.2, 0) is 0 Å². The van der Waals surface area contributed by atoms with Gasteiger partial charge in [-0.1, -0.05) is 48.2 Å². The fraction of sp³-hybridized carbons (Fsp3) is 0. The molecule has 0 N–H and O–H groups in total. The third-order valence-corrected chi connectivity index (χ3v) is 5.91. The summed E-state index contributed by atoms with van der Waals surface area (Å²) in [5.74, 6) is -0.889. The Morgan fingerprint density at radius 3 is 2.04 bits per heavy atom. The van der Waals surface area contributed by atoms with Gasteiger partial charge < -0.3 is 4.90 Å². The molecule has 1 heterocycles. The average molecular weight is 387 g/mol. The molecule has 4 aromatic carbocycles. The lowest BCUT2D eigenvalue weighted by Gasteiger charge is -2.33. The van der Waals surface area contributed by atoms with Gasteiger partial charge in [-0.05, 0) is 60.2 Å². The molecule has 28 heavy (non-hydrogen) atoms. The maximum absolute atomic E-state index is 14.3. The lowest BCUT2D eigenvalue weighted by molar-refractivity contribution is 0.603. The molecule has 0 spiro atoms. The molecule has 1 aliphatic heterocycles. The van der Waals surface area contributed by atoms with Gasteiger partial charge in [0.15, 0.2) is 0 Å². The summed E-state index contributed by atoms with van der Waals surface area (Å²) in [5.41, 5.74) is 3.95. The molecule has 0 saturated carbocycles. The monoisotopic (exact) mass is 387 g/mol. The topological polar surface area (TPSA) is 3.24 Å². The molecule has 0 fully saturated rings. The summed E-state index contributed by atoms with van der Waals surface area (Å²) in [7, 11) is 0. The Kier molecular flexibility index (Phi) is 4.14. The fourth-order valence-corrected chi connectivity index (χ4v) is 4.57. The first-order valence-electron chi connectivity index (χ1n) is 8.92. The smallest absolute Gasteiger partial charge is 0.131 e. The highest BCUT2D eigenvalue weighted by Crippen LogP contribution is 2.51. The van der Waals surface area contributed by atoms with E-state index in [1.807, 2.05) is 42.5 Å². The van der Waals surface area contributed by atoms with Gasteiger partial charge in [0.25, 0.3) is 0 Å². The second-order valence-electron chi connectivity index (χ2n) is 6.55. The van der Waals surface area contributed by atoms with Crippen LogP contribution >= 0.6 is 11.8 Å². The van der Waals surface area contributed by atoms with E-state index in [1.54, 1.807) is 17.8 Å². The van der Waals surface area contributed by atoms with Gasteiger partial charge in [0, 0.05) is 21.0 Å². The Hall–Kier alpha value is -3.11. The summed E-state index contributed by atoms with van der Waals surface area (Å²) >= 11 is 1.73. The molecule has 0 bridgehead atoms. The van der Waals surface area contributed by atoms with Crippen molar-refractivity contribution in [2.45, 2.75) is 9.79 Å². The molecule has 1 aliphatic rings. The lowest BCUT2D eigenvalue weighted by Crippen LogP contribution is -2.14. The normalized spacial score (nSPS) is 12.4. The van der Waals surface area contributed by atoms with Crippen molar-refractivity contribution in [2.75, 3.05) is 4.90 Å². The van der Waals surface area contributed by atoms with E-state index in [0.29, 0.717) is 5.56 Å². The number of hydrogen-bond donors (Lipinski definition) is 0. The van der Waals surface area contributed by atoms with Gasteiger partial charge in [-0.25, -0.2) is 8.78 Å². The van der Waals surface area contributed by atoms with Crippen LogP contribution < -0.4 is 4.90 Å². The van der Waals surface area contributed by atoms with E-state index in [-0.39, 0.29) is 5.56 Å². The van der Waals surface area contributed by atoms with E-state index in [9.17, 15) is 8.78 Å². The van der Waals surface area contributed by atoms with Crippen LogP contribution in [0.3, 0.4) is 0 Å². The lowest BCUT2D eigenvalue weighted by atomic mass is 10.0. The Morgan fingerprint density at radius 1 is 0.643 bits per heavy atom. The van der Waals surface area contributed by atoms with Crippen molar-refractivity contribution in [1.82, 2.24) is 0 Å². The summed E-state index contributed by atoms with van der Waals surface area (Å²) in [6, 6.07) is 27.5. The summed E-state index contributed by atoms with van der Waals surface area (Å²) in [5, 5.41) is 0. The van der Waals surface area contributed by atoms with Crippen LogP contribution in [0.4, 0.5) is 25.8 Å². The molecule has 0 aliphatic carbocycles. The fourth-order valence-electron chi connectivity index (χ4n) is 3.51. The molecule has 0 radical (unpaired) electrons. The quantitative estimate of drug-likeness (QED) is 0.307. The summed E-state index contributed by atoms with van der Waals surface area (Å²) in [6.45, 7) is 0. The number of anilines is 3. The predicted molar refractivity (Wildman–Crippen MR) is 111 cm³/mol. The van der Waals surface area contributed by atoms with Crippen LogP contribution in [0.2, 0.25) is 0 Å². The van der Waals surface area contributed by atoms with Crippen LogP contribution in [0.5, 0.6) is 0 Å². The molecule has 0 atom stereocenters. The molecule has 0 amide bonds. The van der Waals surface area contributed by atoms with Gasteiger partial charge in [-0.3, -0.25) is 0 Å². The van der Waals surface area contributed by atoms with Gasteiger partial charge in [-0.15, -0.1) is 0 Å². The Morgan fingerprint density at radius 2 is 1.32 bits per heavy atom. The number of nitrogens with zero attached hydrogens (tertiary/aromatic N) is 1. The van der Waals surface area contributed by atoms with Gasteiger partial charge in [0.05, 0.1) is 11.4 Å². The highest BCUT2D eigenvalue weighted by Gasteiger charge is 2.24. The van der Waals surface area contributed by atoms with E-state index in [1.165, 1.54) is 12.1 Å². The van der Waals surface area contributed by atoms with Crippen LogP contribution in [0.25, 0.3) is 11.1 Å². The SMILES string of the molecule is Fc1ccc(F)c(-c2cccc(N3c4ccccc4Sc4ccccc43)c2)c1. The van der Waals surface area contributed by atoms with Crippen molar-refractivity contribution in [2.24, 2.45) is 0 Å². The van der Waals surface area contributed by atoms with Crippen LogP contribution in [-0.4, -0.2) is 0 Å². The third kappa shape index (κ3) is 2.86. The Bertz CT molecular complexity index is 1140.